The Morgan fingerprint density at radius 3 is 2.83 bits per heavy atom. The molecule has 23 heavy (non-hydrogen) atoms. The fourth-order valence-electron chi connectivity index (χ4n) is 2.99. The average molecular weight is 338 g/mol. The van der Waals surface area contributed by atoms with E-state index in [0.29, 0.717) is 6.04 Å². The summed E-state index contributed by atoms with van der Waals surface area (Å²) in [5, 5.41) is 7.92. The van der Waals surface area contributed by atoms with Crippen LogP contribution in [0.3, 0.4) is 0 Å². The maximum Gasteiger partial charge on any atom is 0.191 e. The van der Waals surface area contributed by atoms with Gasteiger partial charge in [0.2, 0.25) is 0 Å². The van der Waals surface area contributed by atoms with Crippen molar-refractivity contribution in [3.8, 4) is 0 Å². The first-order valence-electron chi connectivity index (χ1n) is 8.61. The van der Waals surface area contributed by atoms with Gasteiger partial charge in [-0.2, -0.15) is 0 Å². The average Bonchev–Trinajstić information content (AvgIpc) is 2.85. The summed E-state index contributed by atoms with van der Waals surface area (Å²) in [5.41, 5.74) is 1.13. The number of guanidine groups is 1. The van der Waals surface area contributed by atoms with E-state index >= 15 is 0 Å². The smallest absolute Gasteiger partial charge is 0.191 e. The van der Waals surface area contributed by atoms with Gasteiger partial charge in [-0.25, -0.2) is 4.98 Å². The van der Waals surface area contributed by atoms with Crippen molar-refractivity contribution in [1.29, 1.82) is 0 Å². The van der Waals surface area contributed by atoms with E-state index in [1.54, 1.807) is 11.3 Å². The third-order valence-corrected chi connectivity index (χ3v) is 5.65. The van der Waals surface area contributed by atoms with Crippen molar-refractivity contribution in [1.82, 2.24) is 20.5 Å². The van der Waals surface area contributed by atoms with Crippen molar-refractivity contribution >= 4 is 17.3 Å². The molecule has 2 rings (SSSR count). The number of hydrogen-bond acceptors (Lipinski definition) is 4. The molecule has 0 radical (unpaired) electrons. The van der Waals surface area contributed by atoms with Gasteiger partial charge in [-0.3, -0.25) is 9.89 Å². The van der Waals surface area contributed by atoms with Crippen LogP contribution in [0.25, 0.3) is 0 Å². The minimum Gasteiger partial charge on any atom is -0.355 e. The lowest BCUT2D eigenvalue weighted by Crippen LogP contribution is -2.48. The number of likely N-dealkylation sites (tertiary alicyclic amines) is 1. The number of nitrogens with zero attached hydrogens (tertiary/aromatic N) is 3. The minimum atomic E-state index is 0.528. The van der Waals surface area contributed by atoms with Crippen LogP contribution < -0.4 is 10.6 Å². The van der Waals surface area contributed by atoms with Gasteiger partial charge in [0.1, 0.15) is 5.01 Å². The first-order valence-corrected chi connectivity index (χ1v) is 9.42. The predicted octanol–water partition coefficient (Wildman–Crippen LogP) is 2.55. The topological polar surface area (TPSA) is 52.6 Å². The zero-order valence-corrected chi connectivity index (χ0v) is 16.0. The number of aromatic nitrogens is 1. The Hall–Kier alpha value is -1.14. The van der Waals surface area contributed by atoms with E-state index < -0.39 is 0 Å². The zero-order valence-electron chi connectivity index (χ0n) is 15.1. The second-order valence-electron chi connectivity index (χ2n) is 6.65. The summed E-state index contributed by atoms with van der Waals surface area (Å²) in [4.78, 5) is 12.8. The van der Waals surface area contributed by atoms with E-state index in [4.69, 9.17) is 0 Å². The van der Waals surface area contributed by atoms with Crippen LogP contribution in [0.5, 0.6) is 0 Å². The number of nitrogens with one attached hydrogen (secondary N) is 2. The monoisotopic (exact) mass is 337 g/mol. The fourth-order valence-corrected chi connectivity index (χ4v) is 3.87. The van der Waals surface area contributed by atoms with Crippen molar-refractivity contribution in [3.05, 3.63) is 15.6 Å². The second-order valence-corrected chi connectivity index (χ2v) is 7.93. The van der Waals surface area contributed by atoms with Crippen LogP contribution in [0, 0.1) is 19.8 Å². The minimum absolute atomic E-state index is 0.528. The number of rotatable bonds is 5. The van der Waals surface area contributed by atoms with Crippen molar-refractivity contribution in [3.63, 3.8) is 0 Å². The molecule has 1 aliphatic heterocycles. The van der Waals surface area contributed by atoms with Crippen LogP contribution in [-0.2, 0) is 6.54 Å². The van der Waals surface area contributed by atoms with E-state index in [-0.39, 0.29) is 0 Å². The number of aliphatic imine (C=N–C) groups is 1. The molecule has 1 aliphatic rings. The Balaban J connectivity index is 1.76. The molecule has 2 heterocycles. The van der Waals surface area contributed by atoms with Crippen LogP contribution in [0.2, 0.25) is 0 Å². The van der Waals surface area contributed by atoms with Crippen LogP contribution >= 0.6 is 11.3 Å². The van der Waals surface area contributed by atoms with Crippen molar-refractivity contribution in [2.75, 3.05) is 26.7 Å². The molecule has 1 aromatic heterocycles. The molecule has 5 nitrogen and oxygen atoms in total. The van der Waals surface area contributed by atoms with Gasteiger partial charge >= 0.3 is 0 Å². The molecule has 0 spiro atoms. The highest BCUT2D eigenvalue weighted by molar-refractivity contribution is 7.11. The fraction of sp³-hybridized carbons (Fsp3) is 0.765. The van der Waals surface area contributed by atoms with Gasteiger partial charge in [0.15, 0.2) is 5.96 Å². The third-order valence-electron chi connectivity index (χ3n) is 4.58. The predicted molar refractivity (Wildman–Crippen MR) is 99.2 cm³/mol. The number of piperidine rings is 1. The lowest BCUT2D eigenvalue weighted by molar-refractivity contribution is 0.139. The standard InChI is InChI=1S/C17H31N5S/c1-12-7-6-8-22(11-12)13(2)9-19-17(18-5)20-10-16-21-14(3)15(4)23-16/h12-13H,6-11H2,1-5H3,(H2,18,19,20). The molecule has 130 valence electrons. The molecule has 1 saturated heterocycles. The third kappa shape index (κ3) is 5.46. The normalized spacial score (nSPS) is 21.3. The lowest BCUT2D eigenvalue weighted by Gasteiger charge is -2.35. The molecule has 0 aromatic carbocycles. The Morgan fingerprint density at radius 1 is 1.43 bits per heavy atom. The quantitative estimate of drug-likeness (QED) is 0.640. The molecule has 1 aromatic rings. The molecule has 1 fully saturated rings. The Kier molecular flexibility index (Phi) is 6.84. The molecule has 0 bridgehead atoms. The van der Waals surface area contributed by atoms with Gasteiger partial charge in [0.25, 0.3) is 0 Å². The highest BCUT2D eigenvalue weighted by atomic mass is 32.1. The summed E-state index contributed by atoms with van der Waals surface area (Å²) >= 11 is 1.75. The Morgan fingerprint density at radius 2 is 2.22 bits per heavy atom. The van der Waals surface area contributed by atoms with Crippen LogP contribution in [0.15, 0.2) is 4.99 Å². The highest BCUT2D eigenvalue weighted by Crippen LogP contribution is 2.17. The molecular weight excluding hydrogens is 306 g/mol. The van der Waals surface area contributed by atoms with Gasteiger partial charge in [-0.15, -0.1) is 11.3 Å². The summed E-state index contributed by atoms with van der Waals surface area (Å²) in [6.45, 7) is 12.9. The van der Waals surface area contributed by atoms with Gasteiger partial charge in [-0.1, -0.05) is 6.92 Å². The highest BCUT2D eigenvalue weighted by Gasteiger charge is 2.20. The van der Waals surface area contributed by atoms with E-state index in [9.17, 15) is 0 Å². The molecule has 0 amide bonds. The maximum atomic E-state index is 4.56. The van der Waals surface area contributed by atoms with Crippen LogP contribution in [0.4, 0.5) is 0 Å². The summed E-state index contributed by atoms with van der Waals surface area (Å²) in [6.07, 6.45) is 2.69. The van der Waals surface area contributed by atoms with E-state index in [1.807, 2.05) is 7.05 Å². The van der Waals surface area contributed by atoms with E-state index in [2.05, 4.69) is 53.2 Å². The summed E-state index contributed by atoms with van der Waals surface area (Å²) in [5.74, 6) is 1.67. The summed E-state index contributed by atoms with van der Waals surface area (Å²) < 4.78 is 0. The molecule has 2 atom stereocenters. The molecule has 6 heteroatoms. The molecule has 2 N–H and O–H groups in total. The zero-order chi connectivity index (χ0) is 16.8. The number of aryl methyl sites for hydroxylation is 2. The Labute approximate surface area is 144 Å². The van der Waals surface area contributed by atoms with Crippen molar-refractivity contribution in [2.45, 2.75) is 53.1 Å². The molecular formula is C17H31N5S. The van der Waals surface area contributed by atoms with Gasteiger partial charge in [0.05, 0.1) is 12.2 Å². The first-order chi connectivity index (χ1) is 11.0. The van der Waals surface area contributed by atoms with Crippen LogP contribution in [0.1, 0.15) is 42.3 Å². The maximum absolute atomic E-state index is 4.56. The molecule has 0 aliphatic carbocycles. The first kappa shape index (κ1) is 18.2. The van der Waals surface area contributed by atoms with Crippen LogP contribution in [-0.4, -0.2) is 48.6 Å². The van der Waals surface area contributed by atoms with Gasteiger partial charge in [0, 0.05) is 31.1 Å². The van der Waals surface area contributed by atoms with Gasteiger partial charge < -0.3 is 10.6 Å². The number of hydrogen-bond donors (Lipinski definition) is 2. The van der Waals surface area contributed by atoms with E-state index in [1.165, 1.54) is 30.8 Å². The van der Waals surface area contributed by atoms with Crippen molar-refractivity contribution < 1.29 is 0 Å². The largest absolute Gasteiger partial charge is 0.355 e. The SMILES string of the molecule is CN=C(NCc1nc(C)c(C)s1)NCC(C)N1CCCC(C)C1. The van der Waals surface area contributed by atoms with Gasteiger partial charge in [-0.05, 0) is 46.1 Å². The number of thiazole rings is 1. The summed E-state index contributed by atoms with van der Waals surface area (Å²) in [6, 6.07) is 0.528. The second kappa shape index (κ2) is 8.64. The Bertz CT molecular complexity index is 506. The van der Waals surface area contributed by atoms with E-state index in [0.717, 1.165) is 35.7 Å². The molecule has 0 saturated carbocycles. The summed E-state index contributed by atoms with van der Waals surface area (Å²) in [7, 11) is 1.82. The molecule has 2 unspecified atom stereocenters. The van der Waals surface area contributed by atoms with Crippen molar-refractivity contribution in [2.24, 2.45) is 10.9 Å². The lowest BCUT2D eigenvalue weighted by atomic mass is 9.99.